The van der Waals surface area contributed by atoms with Crippen molar-refractivity contribution in [2.24, 2.45) is 0 Å². The number of benzene rings is 2. The summed E-state index contributed by atoms with van der Waals surface area (Å²) in [5.74, 6) is 0.0114. The molecule has 1 aromatic heterocycles. The third kappa shape index (κ3) is 1.83. The van der Waals surface area contributed by atoms with Crippen molar-refractivity contribution >= 4 is 22.7 Å². The molecule has 1 atom stereocenters. The molecule has 1 amide bonds. The van der Waals surface area contributed by atoms with Gasteiger partial charge in [-0.2, -0.15) is 0 Å². The van der Waals surface area contributed by atoms with Crippen molar-refractivity contribution in [2.75, 3.05) is 4.90 Å². The number of amides is 1. The van der Waals surface area contributed by atoms with Gasteiger partial charge in [-0.3, -0.25) is 4.79 Å². The standard InChI is InChI=1S/C17H14N2O2/c1-11-8-12-4-2-3-5-15(12)19(11)17(20)13-6-7-16-14(9-13)18-10-21-16/h2-7,9-11H,8H2,1H3. The molecule has 0 aliphatic carbocycles. The molecule has 1 aliphatic rings. The number of rotatable bonds is 1. The van der Waals surface area contributed by atoms with Crippen LogP contribution in [0.3, 0.4) is 0 Å². The zero-order chi connectivity index (χ0) is 14.4. The van der Waals surface area contributed by atoms with Crippen LogP contribution >= 0.6 is 0 Å². The molecule has 0 bridgehead atoms. The smallest absolute Gasteiger partial charge is 0.258 e. The highest BCUT2D eigenvalue weighted by molar-refractivity contribution is 6.09. The molecule has 4 heteroatoms. The lowest BCUT2D eigenvalue weighted by molar-refractivity contribution is 0.0981. The maximum absolute atomic E-state index is 12.9. The van der Waals surface area contributed by atoms with Gasteiger partial charge < -0.3 is 9.32 Å². The second kappa shape index (κ2) is 4.45. The number of oxazole rings is 1. The van der Waals surface area contributed by atoms with E-state index in [0.29, 0.717) is 16.7 Å². The topological polar surface area (TPSA) is 46.3 Å². The van der Waals surface area contributed by atoms with E-state index in [1.165, 1.54) is 12.0 Å². The predicted molar refractivity (Wildman–Crippen MR) is 80.4 cm³/mol. The SMILES string of the molecule is CC1Cc2ccccc2N1C(=O)c1ccc2ocnc2c1. The Hall–Kier alpha value is -2.62. The van der Waals surface area contributed by atoms with Crippen LogP contribution in [0.4, 0.5) is 5.69 Å². The number of anilines is 1. The summed E-state index contributed by atoms with van der Waals surface area (Å²) in [5.41, 5.74) is 4.28. The van der Waals surface area contributed by atoms with E-state index in [4.69, 9.17) is 4.42 Å². The summed E-state index contributed by atoms with van der Waals surface area (Å²) >= 11 is 0. The van der Waals surface area contributed by atoms with E-state index in [1.54, 1.807) is 18.2 Å². The molecule has 0 spiro atoms. The number of nitrogens with zero attached hydrogens (tertiary/aromatic N) is 2. The summed E-state index contributed by atoms with van der Waals surface area (Å²) in [6, 6.07) is 13.6. The van der Waals surface area contributed by atoms with Crippen molar-refractivity contribution in [1.29, 1.82) is 0 Å². The van der Waals surface area contributed by atoms with E-state index in [-0.39, 0.29) is 11.9 Å². The molecule has 2 heterocycles. The van der Waals surface area contributed by atoms with Crippen LogP contribution in [0, 0.1) is 0 Å². The van der Waals surface area contributed by atoms with E-state index in [1.807, 2.05) is 23.1 Å². The molecule has 0 N–H and O–H groups in total. The molecule has 0 saturated carbocycles. The average Bonchev–Trinajstić information content (AvgIpc) is 3.08. The van der Waals surface area contributed by atoms with Crippen LogP contribution in [-0.2, 0) is 6.42 Å². The molecule has 4 nitrogen and oxygen atoms in total. The van der Waals surface area contributed by atoms with Crippen LogP contribution in [0.5, 0.6) is 0 Å². The minimum atomic E-state index is 0.0114. The Labute approximate surface area is 122 Å². The minimum absolute atomic E-state index is 0.0114. The van der Waals surface area contributed by atoms with E-state index in [9.17, 15) is 4.79 Å². The molecule has 1 aliphatic heterocycles. The van der Waals surface area contributed by atoms with E-state index < -0.39 is 0 Å². The van der Waals surface area contributed by atoms with E-state index in [0.717, 1.165) is 12.1 Å². The van der Waals surface area contributed by atoms with Gasteiger partial charge in [0.25, 0.3) is 5.91 Å². The summed E-state index contributed by atoms with van der Waals surface area (Å²) in [6.45, 7) is 2.08. The number of para-hydroxylation sites is 1. The minimum Gasteiger partial charge on any atom is -0.443 e. The first-order chi connectivity index (χ1) is 10.2. The van der Waals surface area contributed by atoms with Crippen molar-refractivity contribution in [3.8, 4) is 0 Å². The van der Waals surface area contributed by atoms with Gasteiger partial charge in [-0.25, -0.2) is 4.98 Å². The van der Waals surface area contributed by atoms with Crippen molar-refractivity contribution in [3.05, 3.63) is 60.0 Å². The zero-order valence-corrected chi connectivity index (χ0v) is 11.6. The van der Waals surface area contributed by atoms with Gasteiger partial charge in [-0.05, 0) is 43.2 Å². The fourth-order valence-electron chi connectivity index (χ4n) is 3.00. The number of carbonyl (C=O) groups is 1. The van der Waals surface area contributed by atoms with Crippen LogP contribution in [0.15, 0.2) is 53.3 Å². The van der Waals surface area contributed by atoms with Gasteiger partial charge in [0.2, 0.25) is 0 Å². The molecule has 1 unspecified atom stereocenters. The first-order valence-corrected chi connectivity index (χ1v) is 6.99. The van der Waals surface area contributed by atoms with Gasteiger partial charge in [0.1, 0.15) is 5.52 Å². The quantitative estimate of drug-likeness (QED) is 0.685. The molecule has 0 fully saturated rings. The molecule has 104 valence electrons. The van der Waals surface area contributed by atoms with Crippen LogP contribution < -0.4 is 4.90 Å². The Morgan fingerprint density at radius 3 is 3.05 bits per heavy atom. The Morgan fingerprint density at radius 2 is 2.14 bits per heavy atom. The van der Waals surface area contributed by atoms with Gasteiger partial charge >= 0.3 is 0 Å². The summed E-state index contributed by atoms with van der Waals surface area (Å²) in [6.07, 6.45) is 2.29. The van der Waals surface area contributed by atoms with Crippen molar-refractivity contribution in [1.82, 2.24) is 4.98 Å². The number of fused-ring (bicyclic) bond motifs is 2. The summed E-state index contributed by atoms with van der Waals surface area (Å²) in [5, 5.41) is 0. The largest absolute Gasteiger partial charge is 0.443 e. The monoisotopic (exact) mass is 278 g/mol. The first-order valence-electron chi connectivity index (χ1n) is 6.99. The summed E-state index contributed by atoms with van der Waals surface area (Å²) in [4.78, 5) is 18.8. The summed E-state index contributed by atoms with van der Waals surface area (Å²) < 4.78 is 5.22. The lowest BCUT2D eigenvalue weighted by Gasteiger charge is -2.22. The Balaban J connectivity index is 1.77. The van der Waals surface area contributed by atoms with Crippen LogP contribution in [-0.4, -0.2) is 16.9 Å². The van der Waals surface area contributed by atoms with Crippen molar-refractivity contribution < 1.29 is 9.21 Å². The van der Waals surface area contributed by atoms with Crippen LogP contribution in [0.1, 0.15) is 22.8 Å². The fraction of sp³-hybridized carbons (Fsp3) is 0.176. The normalized spacial score (nSPS) is 17.2. The molecule has 2 aromatic carbocycles. The van der Waals surface area contributed by atoms with E-state index >= 15 is 0 Å². The maximum Gasteiger partial charge on any atom is 0.258 e. The molecule has 4 rings (SSSR count). The van der Waals surface area contributed by atoms with Gasteiger partial charge in [-0.1, -0.05) is 18.2 Å². The predicted octanol–water partition coefficient (Wildman–Crippen LogP) is 3.42. The third-order valence-corrected chi connectivity index (χ3v) is 4.00. The average molecular weight is 278 g/mol. The fourth-order valence-corrected chi connectivity index (χ4v) is 3.00. The van der Waals surface area contributed by atoms with Gasteiger partial charge in [0.15, 0.2) is 12.0 Å². The summed E-state index contributed by atoms with van der Waals surface area (Å²) in [7, 11) is 0. The first kappa shape index (κ1) is 12.1. The molecule has 0 saturated heterocycles. The molecular weight excluding hydrogens is 264 g/mol. The van der Waals surface area contributed by atoms with Crippen molar-refractivity contribution in [3.63, 3.8) is 0 Å². The highest BCUT2D eigenvalue weighted by Crippen LogP contribution is 2.33. The molecule has 0 radical (unpaired) electrons. The lowest BCUT2D eigenvalue weighted by Crippen LogP contribution is -2.35. The lowest BCUT2D eigenvalue weighted by atomic mass is 10.1. The van der Waals surface area contributed by atoms with Gasteiger partial charge in [-0.15, -0.1) is 0 Å². The highest BCUT2D eigenvalue weighted by Gasteiger charge is 2.31. The Bertz CT molecular complexity index is 837. The van der Waals surface area contributed by atoms with Crippen LogP contribution in [0.25, 0.3) is 11.1 Å². The molecular formula is C17H14N2O2. The van der Waals surface area contributed by atoms with Crippen LogP contribution in [0.2, 0.25) is 0 Å². The third-order valence-electron chi connectivity index (χ3n) is 4.00. The number of hydrogen-bond acceptors (Lipinski definition) is 3. The number of aromatic nitrogens is 1. The number of hydrogen-bond donors (Lipinski definition) is 0. The number of carbonyl (C=O) groups excluding carboxylic acids is 1. The van der Waals surface area contributed by atoms with Crippen molar-refractivity contribution in [2.45, 2.75) is 19.4 Å². The Kier molecular flexibility index (Phi) is 2.57. The highest BCUT2D eigenvalue weighted by atomic mass is 16.3. The molecule has 3 aromatic rings. The molecule has 21 heavy (non-hydrogen) atoms. The second-order valence-corrected chi connectivity index (χ2v) is 5.39. The van der Waals surface area contributed by atoms with Gasteiger partial charge in [0.05, 0.1) is 0 Å². The van der Waals surface area contributed by atoms with E-state index in [2.05, 4.69) is 18.0 Å². The second-order valence-electron chi connectivity index (χ2n) is 5.39. The zero-order valence-electron chi connectivity index (χ0n) is 11.6. The van der Waals surface area contributed by atoms with Gasteiger partial charge in [0, 0.05) is 17.3 Å². The Morgan fingerprint density at radius 1 is 1.29 bits per heavy atom. The maximum atomic E-state index is 12.9.